The van der Waals surface area contributed by atoms with Crippen LogP contribution in [0.3, 0.4) is 0 Å². The van der Waals surface area contributed by atoms with Gasteiger partial charge < -0.3 is 9.42 Å². The van der Waals surface area contributed by atoms with Gasteiger partial charge in [-0.25, -0.2) is 4.39 Å². The minimum Gasteiger partial charge on any atom is -0.352 e. The van der Waals surface area contributed by atoms with E-state index in [9.17, 15) is 4.39 Å². The summed E-state index contributed by atoms with van der Waals surface area (Å²) in [6.45, 7) is 1.25. The molecule has 1 aromatic heterocycles. The Morgan fingerprint density at radius 2 is 2.33 bits per heavy atom. The monoisotopic (exact) mass is 246 g/mol. The summed E-state index contributed by atoms with van der Waals surface area (Å²) in [4.78, 5) is 5.81. The van der Waals surface area contributed by atoms with Crippen LogP contribution in [0, 0.1) is 11.2 Å². The van der Waals surface area contributed by atoms with Crippen molar-refractivity contribution in [2.45, 2.75) is 13.0 Å². The Hall–Kier alpha value is -2.24. The van der Waals surface area contributed by atoms with Gasteiger partial charge in [-0.2, -0.15) is 4.98 Å². The Bertz CT molecular complexity index is 582. The zero-order chi connectivity index (χ0) is 12.5. The number of aromatic nitrogens is 2. The summed E-state index contributed by atoms with van der Waals surface area (Å²) in [7, 11) is 0. The Balaban J connectivity index is 1.72. The standard InChI is InChI=1S/C12H11FN4O/c13-9-2-1-8-6-17(12(14)10(8)5-9)4-3-11-15-7-18-16-11/h1-2,5,7,14H,3-4,6H2. The Kier molecular flexibility index (Phi) is 2.55. The first kappa shape index (κ1) is 10.9. The third-order valence-electron chi connectivity index (χ3n) is 3.02. The molecule has 0 saturated heterocycles. The van der Waals surface area contributed by atoms with Crippen LogP contribution in [0.5, 0.6) is 0 Å². The maximum Gasteiger partial charge on any atom is 0.213 e. The molecule has 0 bridgehead atoms. The third-order valence-corrected chi connectivity index (χ3v) is 3.02. The molecular weight excluding hydrogens is 235 g/mol. The summed E-state index contributed by atoms with van der Waals surface area (Å²) in [5, 5.41) is 11.7. The van der Waals surface area contributed by atoms with Crippen molar-refractivity contribution < 1.29 is 8.91 Å². The van der Waals surface area contributed by atoms with Gasteiger partial charge in [-0.1, -0.05) is 11.2 Å². The summed E-state index contributed by atoms with van der Waals surface area (Å²) in [5.74, 6) is 0.663. The average molecular weight is 246 g/mol. The van der Waals surface area contributed by atoms with Crippen molar-refractivity contribution >= 4 is 5.84 Å². The van der Waals surface area contributed by atoms with E-state index in [2.05, 4.69) is 14.7 Å². The summed E-state index contributed by atoms with van der Waals surface area (Å²) < 4.78 is 17.8. The lowest BCUT2D eigenvalue weighted by molar-refractivity contribution is 0.395. The minimum atomic E-state index is -0.307. The van der Waals surface area contributed by atoms with E-state index in [-0.39, 0.29) is 5.82 Å². The molecule has 0 saturated carbocycles. The maximum absolute atomic E-state index is 13.1. The van der Waals surface area contributed by atoms with Crippen LogP contribution in [-0.4, -0.2) is 27.4 Å². The van der Waals surface area contributed by atoms with Crippen LogP contribution in [0.4, 0.5) is 4.39 Å². The molecule has 18 heavy (non-hydrogen) atoms. The first-order valence-electron chi connectivity index (χ1n) is 5.61. The molecule has 1 aromatic carbocycles. The van der Waals surface area contributed by atoms with Crippen molar-refractivity contribution in [2.24, 2.45) is 0 Å². The molecule has 3 rings (SSSR count). The molecule has 92 valence electrons. The number of fused-ring (bicyclic) bond motifs is 1. The number of hydrogen-bond acceptors (Lipinski definition) is 4. The van der Waals surface area contributed by atoms with Gasteiger partial charge in [0, 0.05) is 25.1 Å². The van der Waals surface area contributed by atoms with Gasteiger partial charge in [-0.05, 0) is 17.7 Å². The Morgan fingerprint density at radius 1 is 1.44 bits per heavy atom. The number of halogens is 1. The lowest BCUT2D eigenvalue weighted by Crippen LogP contribution is -2.26. The van der Waals surface area contributed by atoms with E-state index in [0.29, 0.717) is 36.7 Å². The quantitative estimate of drug-likeness (QED) is 0.893. The molecule has 1 N–H and O–H groups in total. The van der Waals surface area contributed by atoms with Gasteiger partial charge in [-0.3, -0.25) is 5.41 Å². The summed E-state index contributed by atoms with van der Waals surface area (Å²) in [6.07, 6.45) is 1.89. The number of nitrogens with zero attached hydrogens (tertiary/aromatic N) is 3. The lowest BCUT2D eigenvalue weighted by Gasteiger charge is -2.16. The highest BCUT2D eigenvalue weighted by Gasteiger charge is 2.24. The molecule has 2 heterocycles. The van der Waals surface area contributed by atoms with Gasteiger partial charge in [-0.15, -0.1) is 0 Å². The Morgan fingerprint density at radius 3 is 3.11 bits per heavy atom. The van der Waals surface area contributed by atoms with Gasteiger partial charge in [0.15, 0.2) is 5.82 Å². The van der Waals surface area contributed by atoms with Crippen LogP contribution in [0.2, 0.25) is 0 Å². The predicted octanol–water partition coefficient (Wildman–Crippen LogP) is 1.59. The van der Waals surface area contributed by atoms with E-state index >= 15 is 0 Å². The minimum absolute atomic E-state index is 0.307. The van der Waals surface area contributed by atoms with Gasteiger partial charge in [0.2, 0.25) is 6.39 Å². The van der Waals surface area contributed by atoms with Gasteiger partial charge in [0.1, 0.15) is 11.7 Å². The normalized spacial score (nSPS) is 14.1. The highest BCUT2D eigenvalue weighted by Crippen LogP contribution is 2.23. The van der Waals surface area contributed by atoms with Crippen molar-refractivity contribution in [1.82, 2.24) is 15.0 Å². The molecule has 0 fully saturated rings. The van der Waals surface area contributed by atoms with E-state index in [1.165, 1.54) is 18.5 Å². The van der Waals surface area contributed by atoms with E-state index in [0.717, 1.165) is 5.56 Å². The second kappa shape index (κ2) is 4.21. The number of amidine groups is 1. The molecule has 5 nitrogen and oxygen atoms in total. The molecule has 1 aliphatic heterocycles. The first-order chi connectivity index (χ1) is 8.74. The van der Waals surface area contributed by atoms with Crippen molar-refractivity contribution in [1.29, 1.82) is 5.41 Å². The van der Waals surface area contributed by atoms with Crippen LogP contribution in [0.15, 0.2) is 29.1 Å². The van der Waals surface area contributed by atoms with Crippen LogP contribution >= 0.6 is 0 Å². The molecule has 0 spiro atoms. The zero-order valence-electron chi connectivity index (χ0n) is 9.56. The van der Waals surface area contributed by atoms with E-state index < -0.39 is 0 Å². The second-order valence-electron chi connectivity index (χ2n) is 4.17. The smallest absolute Gasteiger partial charge is 0.213 e. The van der Waals surface area contributed by atoms with E-state index in [1.54, 1.807) is 6.07 Å². The van der Waals surface area contributed by atoms with Crippen molar-refractivity contribution in [3.8, 4) is 0 Å². The van der Waals surface area contributed by atoms with Crippen molar-refractivity contribution in [3.63, 3.8) is 0 Å². The molecule has 0 amide bonds. The molecular formula is C12H11FN4O. The molecule has 0 atom stereocenters. The van der Waals surface area contributed by atoms with E-state index in [4.69, 9.17) is 5.41 Å². The highest BCUT2D eigenvalue weighted by atomic mass is 19.1. The largest absolute Gasteiger partial charge is 0.352 e. The number of hydrogen-bond donors (Lipinski definition) is 1. The SMILES string of the molecule is N=C1c2cc(F)ccc2CN1CCc1ncon1. The molecule has 0 unspecified atom stereocenters. The van der Waals surface area contributed by atoms with Crippen LogP contribution in [-0.2, 0) is 13.0 Å². The predicted molar refractivity (Wildman–Crippen MR) is 61.6 cm³/mol. The van der Waals surface area contributed by atoms with Crippen LogP contribution in [0.25, 0.3) is 0 Å². The fraction of sp³-hybridized carbons (Fsp3) is 0.250. The third kappa shape index (κ3) is 1.85. The Labute approximate surface area is 103 Å². The van der Waals surface area contributed by atoms with Crippen molar-refractivity contribution in [2.75, 3.05) is 6.54 Å². The number of rotatable bonds is 3. The average Bonchev–Trinajstić information content (AvgIpc) is 2.97. The van der Waals surface area contributed by atoms with Crippen molar-refractivity contribution in [3.05, 3.63) is 47.4 Å². The first-order valence-corrected chi connectivity index (χ1v) is 5.61. The van der Waals surface area contributed by atoms with Crippen LogP contribution < -0.4 is 0 Å². The second-order valence-corrected chi connectivity index (χ2v) is 4.17. The zero-order valence-corrected chi connectivity index (χ0v) is 9.56. The molecule has 2 aromatic rings. The van der Waals surface area contributed by atoms with Gasteiger partial charge >= 0.3 is 0 Å². The fourth-order valence-electron chi connectivity index (χ4n) is 2.09. The molecule has 0 radical (unpaired) electrons. The summed E-state index contributed by atoms with van der Waals surface area (Å²) in [5.41, 5.74) is 1.65. The van der Waals surface area contributed by atoms with Gasteiger partial charge in [0.05, 0.1) is 0 Å². The fourth-order valence-corrected chi connectivity index (χ4v) is 2.09. The number of nitrogens with one attached hydrogen (secondary N) is 1. The highest BCUT2D eigenvalue weighted by molar-refractivity contribution is 6.00. The number of benzene rings is 1. The lowest BCUT2D eigenvalue weighted by atomic mass is 10.1. The molecule has 0 aliphatic carbocycles. The molecule has 1 aliphatic rings. The topological polar surface area (TPSA) is 66.0 Å². The van der Waals surface area contributed by atoms with Crippen LogP contribution in [0.1, 0.15) is 17.0 Å². The van der Waals surface area contributed by atoms with Gasteiger partial charge in [0.25, 0.3) is 0 Å². The maximum atomic E-state index is 13.1. The summed E-state index contributed by atoms with van der Waals surface area (Å²) in [6, 6.07) is 4.56. The van der Waals surface area contributed by atoms with E-state index in [1.807, 2.05) is 4.90 Å². The summed E-state index contributed by atoms with van der Waals surface area (Å²) >= 11 is 0. The molecule has 6 heteroatoms.